The molecule has 0 radical (unpaired) electrons. The Kier molecular flexibility index (Phi) is 7.21. The third-order valence-electron chi connectivity index (χ3n) is 3.66. The third kappa shape index (κ3) is 6.24. The number of hydrogen-bond donors (Lipinski definition) is 1. The van der Waals surface area contributed by atoms with Crippen molar-refractivity contribution in [2.45, 2.75) is 20.3 Å². The first-order valence-corrected chi connectivity index (χ1v) is 8.53. The summed E-state index contributed by atoms with van der Waals surface area (Å²) in [4.78, 5) is 11.9. The summed E-state index contributed by atoms with van der Waals surface area (Å²) in [7, 11) is 1.58. The summed E-state index contributed by atoms with van der Waals surface area (Å²) in [5.41, 5.74) is 1.21. The zero-order valence-electron chi connectivity index (χ0n) is 15.3. The van der Waals surface area contributed by atoms with Gasteiger partial charge >= 0.3 is 0 Å². The van der Waals surface area contributed by atoms with Gasteiger partial charge in [-0.3, -0.25) is 4.79 Å². The second-order valence-corrected chi connectivity index (χ2v) is 6.27. The Labute approximate surface area is 153 Å². The lowest BCUT2D eigenvalue weighted by atomic mass is 10.1. The molecule has 5 heteroatoms. The Morgan fingerprint density at radius 2 is 2.00 bits per heavy atom. The molecule has 2 rings (SSSR count). The molecule has 0 unspecified atom stereocenters. The van der Waals surface area contributed by atoms with Gasteiger partial charge in [-0.25, -0.2) is 4.39 Å². The lowest BCUT2D eigenvalue weighted by molar-refractivity contribution is -0.111. The number of carbonyl (C=O) groups is 1. The van der Waals surface area contributed by atoms with E-state index in [2.05, 4.69) is 19.2 Å². The van der Waals surface area contributed by atoms with E-state index in [0.29, 0.717) is 29.7 Å². The molecule has 0 saturated heterocycles. The SMILES string of the molecule is COc1cc(/C=C/C(=O)Nc2cccc(F)c2)ccc1OCCC(C)C. The molecule has 0 aliphatic carbocycles. The molecular formula is C21H24FNO3. The fraction of sp³-hybridized carbons (Fsp3) is 0.286. The average Bonchev–Trinajstić information content (AvgIpc) is 2.60. The standard InChI is InChI=1S/C21H24FNO3/c1-15(2)11-12-26-19-9-7-16(13-20(19)25-3)8-10-21(24)23-18-6-4-5-17(22)14-18/h4-10,13-15H,11-12H2,1-3H3,(H,23,24)/b10-8+. The maximum atomic E-state index is 13.1. The predicted octanol–water partition coefficient (Wildman–Crippen LogP) is 4.91. The first-order chi connectivity index (χ1) is 12.5. The maximum absolute atomic E-state index is 13.1. The summed E-state index contributed by atoms with van der Waals surface area (Å²) < 4.78 is 24.2. The van der Waals surface area contributed by atoms with Crippen LogP contribution in [0.1, 0.15) is 25.8 Å². The summed E-state index contributed by atoms with van der Waals surface area (Å²) in [6.45, 7) is 4.91. The van der Waals surface area contributed by atoms with Gasteiger partial charge in [0, 0.05) is 11.8 Å². The summed E-state index contributed by atoms with van der Waals surface area (Å²) in [5.74, 6) is 1.12. The van der Waals surface area contributed by atoms with E-state index in [9.17, 15) is 9.18 Å². The van der Waals surface area contributed by atoms with Crippen LogP contribution < -0.4 is 14.8 Å². The van der Waals surface area contributed by atoms with Crippen LogP contribution in [0.15, 0.2) is 48.5 Å². The highest BCUT2D eigenvalue weighted by Crippen LogP contribution is 2.29. The lowest BCUT2D eigenvalue weighted by Gasteiger charge is -2.12. The van der Waals surface area contributed by atoms with E-state index in [4.69, 9.17) is 9.47 Å². The van der Waals surface area contributed by atoms with E-state index in [-0.39, 0.29) is 5.91 Å². The van der Waals surface area contributed by atoms with Crippen LogP contribution in [0.3, 0.4) is 0 Å². The molecule has 0 spiro atoms. The monoisotopic (exact) mass is 357 g/mol. The maximum Gasteiger partial charge on any atom is 0.248 e. The molecule has 138 valence electrons. The molecule has 0 aliphatic rings. The molecule has 0 bridgehead atoms. The number of anilines is 1. The molecule has 1 N–H and O–H groups in total. The molecule has 2 aromatic carbocycles. The molecule has 0 saturated carbocycles. The highest BCUT2D eigenvalue weighted by molar-refractivity contribution is 6.01. The number of amides is 1. The third-order valence-corrected chi connectivity index (χ3v) is 3.66. The molecule has 0 heterocycles. The second kappa shape index (κ2) is 9.61. The van der Waals surface area contributed by atoms with Crippen molar-refractivity contribution in [1.82, 2.24) is 0 Å². The van der Waals surface area contributed by atoms with Crippen LogP contribution in [-0.4, -0.2) is 19.6 Å². The largest absolute Gasteiger partial charge is 0.493 e. The number of nitrogens with one attached hydrogen (secondary N) is 1. The number of benzene rings is 2. The molecule has 0 aromatic heterocycles. The molecule has 2 aromatic rings. The number of methoxy groups -OCH3 is 1. The van der Waals surface area contributed by atoms with Crippen molar-refractivity contribution in [3.05, 3.63) is 59.9 Å². The van der Waals surface area contributed by atoms with Gasteiger partial charge in [-0.1, -0.05) is 26.0 Å². The van der Waals surface area contributed by atoms with Crippen molar-refractivity contribution in [3.8, 4) is 11.5 Å². The van der Waals surface area contributed by atoms with E-state index in [1.165, 1.54) is 24.3 Å². The van der Waals surface area contributed by atoms with Crippen molar-refractivity contribution in [2.75, 3.05) is 19.0 Å². The normalized spacial score (nSPS) is 11.0. The molecule has 0 fully saturated rings. The second-order valence-electron chi connectivity index (χ2n) is 6.27. The number of carbonyl (C=O) groups excluding carboxylic acids is 1. The van der Waals surface area contributed by atoms with Crippen LogP contribution >= 0.6 is 0 Å². The van der Waals surface area contributed by atoms with Crippen LogP contribution in [0.4, 0.5) is 10.1 Å². The minimum absolute atomic E-state index is 0.341. The Balaban J connectivity index is 1.99. The van der Waals surface area contributed by atoms with Gasteiger partial charge in [-0.2, -0.15) is 0 Å². The van der Waals surface area contributed by atoms with E-state index in [1.54, 1.807) is 25.3 Å². The Morgan fingerprint density at radius 3 is 2.69 bits per heavy atom. The van der Waals surface area contributed by atoms with Crippen LogP contribution in [0, 0.1) is 11.7 Å². The Hall–Kier alpha value is -2.82. The van der Waals surface area contributed by atoms with Crippen molar-refractivity contribution < 1.29 is 18.7 Å². The average molecular weight is 357 g/mol. The van der Waals surface area contributed by atoms with E-state index in [1.807, 2.05) is 12.1 Å². The lowest BCUT2D eigenvalue weighted by Crippen LogP contribution is -2.07. The molecule has 26 heavy (non-hydrogen) atoms. The first-order valence-electron chi connectivity index (χ1n) is 8.53. The van der Waals surface area contributed by atoms with Gasteiger partial charge < -0.3 is 14.8 Å². The van der Waals surface area contributed by atoms with Crippen LogP contribution in [-0.2, 0) is 4.79 Å². The summed E-state index contributed by atoms with van der Waals surface area (Å²) in [6, 6.07) is 11.2. The number of halogens is 1. The molecule has 1 amide bonds. The van der Waals surface area contributed by atoms with E-state index in [0.717, 1.165) is 12.0 Å². The van der Waals surface area contributed by atoms with Gasteiger partial charge in [0.2, 0.25) is 5.91 Å². The quantitative estimate of drug-likeness (QED) is 0.683. The summed E-state index contributed by atoms with van der Waals surface area (Å²) in [5, 5.41) is 2.61. The predicted molar refractivity (Wildman–Crippen MR) is 102 cm³/mol. The zero-order chi connectivity index (χ0) is 18.9. The Morgan fingerprint density at radius 1 is 1.19 bits per heavy atom. The number of hydrogen-bond acceptors (Lipinski definition) is 3. The van der Waals surface area contributed by atoms with E-state index < -0.39 is 5.82 Å². The van der Waals surface area contributed by atoms with Crippen molar-refractivity contribution >= 4 is 17.7 Å². The minimum Gasteiger partial charge on any atom is -0.493 e. The summed E-state index contributed by atoms with van der Waals surface area (Å²) in [6.07, 6.45) is 4.01. The molecule has 0 aliphatic heterocycles. The molecule has 4 nitrogen and oxygen atoms in total. The van der Waals surface area contributed by atoms with Gasteiger partial charge in [-0.15, -0.1) is 0 Å². The van der Waals surface area contributed by atoms with Crippen LogP contribution in [0.5, 0.6) is 11.5 Å². The smallest absolute Gasteiger partial charge is 0.248 e. The topological polar surface area (TPSA) is 47.6 Å². The zero-order valence-corrected chi connectivity index (χ0v) is 15.3. The number of rotatable bonds is 8. The van der Waals surface area contributed by atoms with Crippen molar-refractivity contribution in [1.29, 1.82) is 0 Å². The van der Waals surface area contributed by atoms with Gasteiger partial charge in [0.1, 0.15) is 5.82 Å². The van der Waals surface area contributed by atoms with Crippen molar-refractivity contribution in [3.63, 3.8) is 0 Å². The summed E-state index contributed by atoms with van der Waals surface area (Å²) >= 11 is 0. The molecule has 0 atom stereocenters. The van der Waals surface area contributed by atoms with Crippen molar-refractivity contribution in [2.24, 2.45) is 5.92 Å². The van der Waals surface area contributed by atoms with Crippen LogP contribution in [0.2, 0.25) is 0 Å². The Bertz CT molecular complexity index is 772. The van der Waals surface area contributed by atoms with Gasteiger partial charge in [0.15, 0.2) is 11.5 Å². The van der Waals surface area contributed by atoms with Gasteiger partial charge in [0.25, 0.3) is 0 Å². The fourth-order valence-corrected chi connectivity index (χ4v) is 2.23. The molecular weight excluding hydrogens is 333 g/mol. The highest BCUT2D eigenvalue weighted by atomic mass is 19.1. The van der Waals surface area contributed by atoms with E-state index >= 15 is 0 Å². The first kappa shape index (κ1) is 19.5. The van der Waals surface area contributed by atoms with Crippen LogP contribution in [0.25, 0.3) is 6.08 Å². The number of ether oxygens (including phenoxy) is 2. The minimum atomic E-state index is -0.399. The van der Waals surface area contributed by atoms with Gasteiger partial charge in [-0.05, 0) is 54.3 Å². The fourth-order valence-electron chi connectivity index (χ4n) is 2.23. The highest BCUT2D eigenvalue weighted by Gasteiger charge is 2.06. The van der Waals surface area contributed by atoms with Gasteiger partial charge in [0.05, 0.1) is 13.7 Å².